The summed E-state index contributed by atoms with van der Waals surface area (Å²) in [7, 11) is 0. The van der Waals surface area contributed by atoms with Crippen LogP contribution in [0.25, 0.3) is 0 Å². The summed E-state index contributed by atoms with van der Waals surface area (Å²) in [4.78, 5) is 10.1. The van der Waals surface area contributed by atoms with Gasteiger partial charge < -0.3 is 10.5 Å². The van der Waals surface area contributed by atoms with Gasteiger partial charge in [0.25, 0.3) is 0 Å². The van der Waals surface area contributed by atoms with Crippen molar-refractivity contribution in [3.8, 4) is 0 Å². The average molecular weight is 115 g/mol. The summed E-state index contributed by atoms with van der Waals surface area (Å²) in [5.74, 6) is -0.236. The Morgan fingerprint density at radius 2 is 2.50 bits per heavy atom. The molecule has 0 aromatic rings. The van der Waals surface area contributed by atoms with Crippen LogP contribution in [0.4, 0.5) is 0 Å². The molecule has 8 heavy (non-hydrogen) atoms. The molecule has 1 amide bonds. The second-order valence-electron chi connectivity index (χ2n) is 1.96. The van der Waals surface area contributed by atoms with Gasteiger partial charge in [-0.2, -0.15) is 0 Å². The first kappa shape index (κ1) is 5.56. The molecule has 1 rings (SSSR count). The Labute approximate surface area is 47.8 Å². The fourth-order valence-electron chi connectivity index (χ4n) is 0.538. The molecular formula is C5H9NO2. The third-order valence-electron chi connectivity index (χ3n) is 1.12. The highest BCUT2D eigenvalue weighted by Crippen LogP contribution is 2.14. The Balaban J connectivity index is 1.95. The minimum atomic E-state index is -0.236. The Morgan fingerprint density at radius 3 is 2.88 bits per heavy atom. The fraction of sp³-hybridized carbons (Fsp3) is 0.800. The number of ether oxygens (including phenoxy) is 1. The molecule has 2 N–H and O–H groups in total. The van der Waals surface area contributed by atoms with Gasteiger partial charge in [-0.3, -0.25) is 4.79 Å². The largest absolute Gasteiger partial charge is 0.373 e. The predicted molar refractivity (Wildman–Crippen MR) is 28.2 cm³/mol. The summed E-state index contributed by atoms with van der Waals surface area (Å²) >= 11 is 0. The van der Waals surface area contributed by atoms with E-state index in [9.17, 15) is 4.79 Å². The van der Waals surface area contributed by atoms with Crippen molar-refractivity contribution < 1.29 is 9.53 Å². The van der Waals surface area contributed by atoms with E-state index in [-0.39, 0.29) is 5.91 Å². The third kappa shape index (κ3) is 1.93. The lowest BCUT2D eigenvalue weighted by Gasteiger charge is -1.87. The molecule has 46 valence electrons. The Kier molecular flexibility index (Phi) is 1.48. The molecule has 0 radical (unpaired) electrons. The van der Waals surface area contributed by atoms with Crippen LogP contribution in [0.3, 0.4) is 0 Å². The van der Waals surface area contributed by atoms with Crippen molar-refractivity contribution in [2.24, 2.45) is 5.73 Å². The number of epoxide rings is 1. The van der Waals surface area contributed by atoms with Gasteiger partial charge in [-0.1, -0.05) is 0 Å². The highest BCUT2D eigenvalue weighted by molar-refractivity contribution is 5.73. The van der Waals surface area contributed by atoms with Gasteiger partial charge in [-0.05, 0) is 6.42 Å². The zero-order valence-corrected chi connectivity index (χ0v) is 4.59. The second kappa shape index (κ2) is 2.13. The summed E-state index contributed by atoms with van der Waals surface area (Å²) in [6.07, 6.45) is 1.60. The van der Waals surface area contributed by atoms with Gasteiger partial charge in [-0.25, -0.2) is 0 Å². The Morgan fingerprint density at radius 1 is 1.88 bits per heavy atom. The number of carbonyl (C=O) groups is 1. The molecule has 1 fully saturated rings. The van der Waals surface area contributed by atoms with E-state index in [1.807, 2.05) is 0 Å². The summed E-state index contributed by atoms with van der Waals surface area (Å²) in [6.45, 7) is 0.813. The lowest BCUT2D eigenvalue weighted by molar-refractivity contribution is -0.118. The highest BCUT2D eigenvalue weighted by atomic mass is 16.6. The smallest absolute Gasteiger partial charge is 0.217 e. The minimum absolute atomic E-state index is 0.236. The van der Waals surface area contributed by atoms with E-state index in [1.165, 1.54) is 0 Å². The van der Waals surface area contributed by atoms with Crippen molar-refractivity contribution in [3.63, 3.8) is 0 Å². The molecule has 1 saturated heterocycles. The van der Waals surface area contributed by atoms with Crippen molar-refractivity contribution in [2.75, 3.05) is 6.61 Å². The summed E-state index contributed by atoms with van der Waals surface area (Å²) in [5, 5.41) is 0. The first-order valence-corrected chi connectivity index (χ1v) is 2.69. The number of carbonyl (C=O) groups excluding carboxylic acids is 1. The first-order valence-electron chi connectivity index (χ1n) is 2.69. The molecule has 3 nitrogen and oxygen atoms in total. The van der Waals surface area contributed by atoms with Gasteiger partial charge in [0.1, 0.15) is 0 Å². The summed E-state index contributed by atoms with van der Waals surface area (Å²) < 4.78 is 4.85. The van der Waals surface area contributed by atoms with Crippen molar-refractivity contribution in [3.05, 3.63) is 0 Å². The van der Waals surface area contributed by atoms with E-state index in [0.717, 1.165) is 13.0 Å². The van der Waals surface area contributed by atoms with Crippen molar-refractivity contribution in [1.29, 1.82) is 0 Å². The van der Waals surface area contributed by atoms with E-state index in [4.69, 9.17) is 10.5 Å². The molecule has 0 aromatic carbocycles. The number of primary amides is 1. The van der Waals surface area contributed by atoms with Crippen molar-refractivity contribution in [2.45, 2.75) is 18.9 Å². The normalized spacial score (nSPS) is 25.2. The van der Waals surface area contributed by atoms with Crippen LogP contribution in [0.15, 0.2) is 0 Å². The molecular weight excluding hydrogens is 106 g/mol. The molecule has 0 bridgehead atoms. The number of hydrogen-bond acceptors (Lipinski definition) is 2. The summed E-state index contributed by atoms with van der Waals surface area (Å²) in [5.41, 5.74) is 4.87. The van der Waals surface area contributed by atoms with Gasteiger partial charge in [0.05, 0.1) is 12.7 Å². The van der Waals surface area contributed by atoms with Crippen LogP contribution in [0.2, 0.25) is 0 Å². The van der Waals surface area contributed by atoms with Crippen LogP contribution in [0, 0.1) is 0 Å². The van der Waals surface area contributed by atoms with E-state index in [2.05, 4.69) is 0 Å². The van der Waals surface area contributed by atoms with Crippen LogP contribution in [-0.4, -0.2) is 18.6 Å². The molecule has 3 heteroatoms. The molecule has 1 unspecified atom stereocenters. The number of amides is 1. The summed E-state index contributed by atoms with van der Waals surface area (Å²) in [6, 6.07) is 0. The fourth-order valence-corrected chi connectivity index (χ4v) is 0.538. The molecule has 1 atom stereocenters. The van der Waals surface area contributed by atoms with E-state index in [0.29, 0.717) is 12.5 Å². The van der Waals surface area contributed by atoms with Gasteiger partial charge in [0.2, 0.25) is 5.91 Å². The van der Waals surface area contributed by atoms with Crippen LogP contribution in [-0.2, 0) is 9.53 Å². The molecule has 0 saturated carbocycles. The molecule has 1 aliphatic rings. The zero-order chi connectivity index (χ0) is 5.98. The maximum Gasteiger partial charge on any atom is 0.217 e. The van der Waals surface area contributed by atoms with Crippen LogP contribution >= 0.6 is 0 Å². The SMILES string of the molecule is NC(=O)CCC1CO1. The Hall–Kier alpha value is -0.570. The monoisotopic (exact) mass is 115 g/mol. The number of hydrogen-bond donors (Lipinski definition) is 1. The molecule has 0 spiro atoms. The number of nitrogens with two attached hydrogens (primary N) is 1. The van der Waals surface area contributed by atoms with Gasteiger partial charge in [0.15, 0.2) is 0 Å². The van der Waals surface area contributed by atoms with Gasteiger partial charge in [-0.15, -0.1) is 0 Å². The molecule has 0 aliphatic carbocycles. The standard InChI is InChI=1S/C5H9NO2/c6-5(7)2-1-4-3-8-4/h4H,1-3H2,(H2,6,7). The van der Waals surface area contributed by atoms with E-state index in [1.54, 1.807) is 0 Å². The second-order valence-corrected chi connectivity index (χ2v) is 1.96. The number of rotatable bonds is 3. The maximum atomic E-state index is 10.1. The highest BCUT2D eigenvalue weighted by Gasteiger charge is 2.21. The van der Waals surface area contributed by atoms with Gasteiger partial charge >= 0.3 is 0 Å². The van der Waals surface area contributed by atoms with Crippen LogP contribution < -0.4 is 5.73 Å². The molecule has 1 aliphatic heterocycles. The average Bonchev–Trinajstić information content (AvgIpc) is 2.41. The first-order chi connectivity index (χ1) is 3.79. The molecule has 1 heterocycles. The predicted octanol–water partition coefficient (Wildman–Crippen LogP) is -0.349. The Bertz CT molecular complexity index is 98.6. The zero-order valence-electron chi connectivity index (χ0n) is 4.59. The lowest BCUT2D eigenvalue weighted by atomic mass is 10.2. The van der Waals surface area contributed by atoms with Crippen molar-refractivity contribution >= 4 is 5.91 Å². The minimum Gasteiger partial charge on any atom is -0.373 e. The van der Waals surface area contributed by atoms with E-state index >= 15 is 0 Å². The van der Waals surface area contributed by atoms with Gasteiger partial charge in [0, 0.05) is 6.42 Å². The van der Waals surface area contributed by atoms with Crippen molar-refractivity contribution in [1.82, 2.24) is 0 Å². The lowest BCUT2D eigenvalue weighted by Crippen LogP contribution is -2.10. The molecule has 0 aromatic heterocycles. The third-order valence-corrected chi connectivity index (χ3v) is 1.12. The quantitative estimate of drug-likeness (QED) is 0.511. The van der Waals surface area contributed by atoms with Crippen LogP contribution in [0.5, 0.6) is 0 Å². The van der Waals surface area contributed by atoms with E-state index < -0.39 is 0 Å². The van der Waals surface area contributed by atoms with Crippen LogP contribution in [0.1, 0.15) is 12.8 Å². The topological polar surface area (TPSA) is 55.6 Å². The maximum absolute atomic E-state index is 10.1.